The highest BCUT2D eigenvalue weighted by atomic mass is 32.2. The van der Waals surface area contributed by atoms with E-state index in [2.05, 4.69) is 0 Å². The minimum absolute atomic E-state index is 0.0781. The highest BCUT2D eigenvalue weighted by Crippen LogP contribution is 2.40. The molecule has 0 aromatic heterocycles. The molecular weight excluding hydrogens is 354 g/mol. The quantitative estimate of drug-likeness (QED) is 0.632. The van der Waals surface area contributed by atoms with Crippen LogP contribution >= 0.6 is 0 Å². The first-order valence-corrected chi connectivity index (χ1v) is 9.84. The van der Waals surface area contributed by atoms with Crippen molar-refractivity contribution in [3.05, 3.63) is 59.7 Å². The van der Waals surface area contributed by atoms with Crippen LogP contribution in [-0.2, 0) is 24.8 Å². The molecule has 3 rings (SSSR count). The summed E-state index contributed by atoms with van der Waals surface area (Å²) >= 11 is 0. The van der Waals surface area contributed by atoms with Gasteiger partial charge in [-0.2, -0.15) is 0 Å². The van der Waals surface area contributed by atoms with Gasteiger partial charge in [-0.3, -0.25) is 10.0 Å². The third kappa shape index (κ3) is 3.13. The van der Waals surface area contributed by atoms with Crippen LogP contribution in [0.15, 0.2) is 58.3 Å². The van der Waals surface area contributed by atoms with Crippen LogP contribution in [0.3, 0.4) is 0 Å². The SMILES string of the molecule is Cc1ccc(S(=O)(=O)c2ccccc2C2(C(=O)NO)CCOCC2)cc1. The summed E-state index contributed by atoms with van der Waals surface area (Å²) < 4.78 is 31.8. The van der Waals surface area contributed by atoms with Gasteiger partial charge in [0, 0.05) is 13.2 Å². The zero-order chi connectivity index (χ0) is 18.8. The highest BCUT2D eigenvalue weighted by molar-refractivity contribution is 7.91. The number of amides is 1. The van der Waals surface area contributed by atoms with Crippen molar-refractivity contribution < 1.29 is 23.2 Å². The fourth-order valence-corrected chi connectivity index (χ4v) is 4.95. The summed E-state index contributed by atoms with van der Waals surface area (Å²) in [5.74, 6) is -0.618. The molecule has 2 N–H and O–H groups in total. The van der Waals surface area contributed by atoms with E-state index in [0.29, 0.717) is 31.6 Å². The average Bonchev–Trinajstić information content (AvgIpc) is 2.68. The number of rotatable bonds is 4. The standard InChI is InChI=1S/C19H21NO5S/c1-14-6-8-15(9-7-14)26(23,24)17-5-3-2-4-16(17)19(18(21)20-22)10-12-25-13-11-19/h2-9,22H,10-13H2,1H3,(H,20,21). The van der Waals surface area contributed by atoms with Gasteiger partial charge in [-0.25, -0.2) is 13.9 Å². The summed E-state index contributed by atoms with van der Waals surface area (Å²) in [4.78, 5) is 12.8. The van der Waals surface area contributed by atoms with Crippen LogP contribution in [-0.4, -0.2) is 32.7 Å². The highest BCUT2D eigenvalue weighted by Gasteiger charge is 2.44. The van der Waals surface area contributed by atoms with Crippen LogP contribution in [0.1, 0.15) is 24.0 Å². The molecule has 0 unspecified atom stereocenters. The first-order valence-electron chi connectivity index (χ1n) is 8.35. The van der Waals surface area contributed by atoms with Crippen LogP contribution in [0.25, 0.3) is 0 Å². The number of carbonyl (C=O) groups is 1. The lowest BCUT2D eigenvalue weighted by atomic mass is 9.73. The Hall–Kier alpha value is -2.22. The lowest BCUT2D eigenvalue weighted by Gasteiger charge is -2.36. The number of carbonyl (C=O) groups excluding carboxylic acids is 1. The lowest BCUT2D eigenvalue weighted by Crippen LogP contribution is -2.47. The molecule has 0 radical (unpaired) electrons. The van der Waals surface area contributed by atoms with Crippen LogP contribution in [0.5, 0.6) is 0 Å². The Bertz CT molecular complexity index is 900. The average molecular weight is 375 g/mol. The van der Waals surface area contributed by atoms with Gasteiger partial charge < -0.3 is 4.74 Å². The largest absolute Gasteiger partial charge is 0.381 e. The van der Waals surface area contributed by atoms with E-state index in [1.807, 2.05) is 6.92 Å². The Morgan fingerprint density at radius 2 is 1.69 bits per heavy atom. The van der Waals surface area contributed by atoms with Crippen molar-refractivity contribution in [2.24, 2.45) is 0 Å². The normalized spacial score (nSPS) is 16.8. The number of benzene rings is 2. The second-order valence-corrected chi connectivity index (χ2v) is 8.37. The third-order valence-corrected chi connectivity index (χ3v) is 6.73. The van der Waals surface area contributed by atoms with E-state index in [0.717, 1.165) is 5.56 Å². The van der Waals surface area contributed by atoms with Gasteiger partial charge in [-0.15, -0.1) is 0 Å². The summed E-state index contributed by atoms with van der Waals surface area (Å²) in [6.07, 6.45) is 0.583. The lowest BCUT2D eigenvalue weighted by molar-refractivity contribution is -0.139. The Kier molecular flexibility index (Phi) is 5.13. The monoisotopic (exact) mass is 375 g/mol. The minimum Gasteiger partial charge on any atom is -0.381 e. The smallest absolute Gasteiger partial charge is 0.254 e. The molecule has 0 spiro atoms. The van der Waals surface area contributed by atoms with E-state index in [9.17, 15) is 18.4 Å². The van der Waals surface area contributed by atoms with Crippen molar-refractivity contribution in [1.29, 1.82) is 0 Å². The fourth-order valence-electron chi connectivity index (χ4n) is 3.39. The summed E-state index contributed by atoms with van der Waals surface area (Å²) in [7, 11) is -3.82. The number of hydrogen-bond donors (Lipinski definition) is 2. The van der Waals surface area contributed by atoms with Crippen LogP contribution in [0, 0.1) is 6.92 Å². The second kappa shape index (κ2) is 7.19. The van der Waals surface area contributed by atoms with Crippen molar-refractivity contribution in [1.82, 2.24) is 5.48 Å². The fraction of sp³-hybridized carbons (Fsp3) is 0.316. The predicted molar refractivity (Wildman–Crippen MR) is 94.7 cm³/mol. The van der Waals surface area contributed by atoms with Crippen molar-refractivity contribution >= 4 is 15.7 Å². The van der Waals surface area contributed by atoms with Gasteiger partial charge in [0.1, 0.15) is 0 Å². The van der Waals surface area contributed by atoms with E-state index in [-0.39, 0.29) is 9.79 Å². The number of hydroxylamine groups is 1. The molecule has 1 fully saturated rings. The van der Waals surface area contributed by atoms with Gasteiger partial charge in [0.15, 0.2) is 0 Å². The summed E-state index contributed by atoms with van der Waals surface area (Å²) in [5, 5.41) is 9.27. The van der Waals surface area contributed by atoms with Gasteiger partial charge in [0.25, 0.3) is 5.91 Å². The van der Waals surface area contributed by atoms with Crippen molar-refractivity contribution in [3.8, 4) is 0 Å². The molecule has 0 atom stereocenters. The van der Waals surface area contributed by atoms with Gasteiger partial charge in [0.05, 0.1) is 15.2 Å². The van der Waals surface area contributed by atoms with Crippen molar-refractivity contribution in [2.45, 2.75) is 35.0 Å². The number of nitrogens with one attached hydrogen (secondary N) is 1. The molecule has 2 aromatic rings. The van der Waals surface area contributed by atoms with Gasteiger partial charge in [0.2, 0.25) is 9.84 Å². The van der Waals surface area contributed by atoms with E-state index >= 15 is 0 Å². The predicted octanol–water partition coefficient (Wildman–Crippen LogP) is 2.38. The topological polar surface area (TPSA) is 92.7 Å². The molecule has 26 heavy (non-hydrogen) atoms. The Morgan fingerprint density at radius 3 is 2.31 bits per heavy atom. The molecule has 1 amide bonds. The molecule has 1 heterocycles. The Morgan fingerprint density at radius 1 is 1.08 bits per heavy atom. The summed E-state index contributed by atoms with van der Waals surface area (Å²) in [6, 6.07) is 13.1. The van der Waals surface area contributed by atoms with E-state index in [1.165, 1.54) is 6.07 Å². The molecular formula is C19H21NO5S. The van der Waals surface area contributed by atoms with E-state index in [1.54, 1.807) is 47.9 Å². The van der Waals surface area contributed by atoms with Crippen molar-refractivity contribution in [3.63, 3.8) is 0 Å². The maximum absolute atomic E-state index is 13.2. The summed E-state index contributed by atoms with van der Waals surface area (Å²) in [6.45, 7) is 2.51. The van der Waals surface area contributed by atoms with Gasteiger partial charge in [-0.05, 0) is 43.5 Å². The number of aryl methyl sites for hydroxylation is 1. The second-order valence-electron chi connectivity index (χ2n) is 6.45. The zero-order valence-corrected chi connectivity index (χ0v) is 15.3. The van der Waals surface area contributed by atoms with Gasteiger partial charge >= 0.3 is 0 Å². The van der Waals surface area contributed by atoms with Crippen LogP contribution in [0.4, 0.5) is 0 Å². The Labute approximate surface area is 152 Å². The number of hydrogen-bond acceptors (Lipinski definition) is 5. The molecule has 1 aliphatic heterocycles. The molecule has 1 saturated heterocycles. The Balaban J connectivity index is 2.19. The first kappa shape index (κ1) is 18.6. The maximum Gasteiger partial charge on any atom is 0.254 e. The van der Waals surface area contributed by atoms with Crippen LogP contribution in [0.2, 0.25) is 0 Å². The molecule has 0 bridgehead atoms. The van der Waals surface area contributed by atoms with E-state index in [4.69, 9.17) is 4.74 Å². The molecule has 6 nitrogen and oxygen atoms in total. The molecule has 0 saturated carbocycles. The number of ether oxygens (including phenoxy) is 1. The minimum atomic E-state index is -3.82. The van der Waals surface area contributed by atoms with Crippen LogP contribution < -0.4 is 5.48 Å². The van der Waals surface area contributed by atoms with Crippen molar-refractivity contribution in [2.75, 3.05) is 13.2 Å². The zero-order valence-electron chi connectivity index (χ0n) is 14.4. The van der Waals surface area contributed by atoms with Gasteiger partial charge in [-0.1, -0.05) is 35.9 Å². The molecule has 138 valence electrons. The molecule has 7 heteroatoms. The van der Waals surface area contributed by atoms with E-state index < -0.39 is 21.2 Å². The number of sulfone groups is 1. The summed E-state index contributed by atoms with van der Waals surface area (Å²) in [5.41, 5.74) is 1.90. The molecule has 0 aliphatic carbocycles. The first-order chi connectivity index (χ1) is 12.4. The maximum atomic E-state index is 13.2. The molecule has 1 aliphatic rings. The molecule has 2 aromatic carbocycles. The third-order valence-electron chi connectivity index (χ3n) is 4.91.